The highest BCUT2D eigenvalue weighted by molar-refractivity contribution is 9.10. The van der Waals surface area contributed by atoms with E-state index in [1.165, 1.54) is 4.88 Å². The van der Waals surface area contributed by atoms with Crippen molar-refractivity contribution in [3.05, 3.63) is 56.7 Å². The van der Waals surface area contributed by atoms with Gasteiger partial charge in [0.05, 0.1) is 0 Å². The Bertz CT molecular complexity index is 708. The second-order valence-electron chi connectivity index (χ2n) is 6.19. The Morgan fingerprint density at radius 2 is 1.88 bits per heavy atom. The summed E-state index contributed by atoms with van der Waals surface area (Å²) in [6, 6.07) is 11.5. The number of carbonyl (C=O) groups excluding carboxylic acids is 2. The fraction of sp³-hybridized carbons (Fsp3) is 0.368. The van der Waals surface area contributed by atoms with E-state index in [1.807, 2.05) is 35.2 Å². The number of piperidine rings is 1. The first-order valence-electron chi connectivity index (χ1n) is 8.48. The number of rotatable bonds is 5. The van der Waals surface area contributed by atoms with Gasteiger partial charge in [0, 0.05) is 40.5 Å². The van der Waals surface area contributed by atoms with Crippen molar-refractivity contribution in [3.63, 3.8) is 0 Å². The molecule has 0 saturated carbocycles. The van der Waals surface area contributed by atoms with Crippen LogP contribution >= 0.6 is 27.3 Å². The highest BCUT2D eigenvalue weighted by atomic mass is 79.9. The molecule has 0 radical (unpaired) electrons. The van der Waals surface area contributed by atoms with Gasteiger partial charge in [-0.2, -0.15) is 0 Å². The van der Waals surface area contributed by atoms with E-state index in [4.69, 9.17) is 0 Å². The Morgan fingerprint density at radius 1 is 1.16 bits per heavy atom. The average molecular weight is 421 g/mol. The Kier molecular flexibility index (Phi) is 6.26. The fourth-order valence-electron chi connectivity index (χ4n) is 3.03. The van der Waals surface area contributed by atoms with Gasteiger partial charge in [0.15, 0.2) is 0 Å². The van der Waals surface area contributed by atoms with Gasteiger partial charge >= 0.3 is 0 Å². The van der Waals surface area contributed by atoms with Crippen molar-refractivity contribution < 1.29 is 9.59 Å². The molecule has 25 heavy (non-hydrogen) atoms. The van der Waals surface area contributed by atoms with E-state index < -0.39 is 0 Å². The largest absolute Gasteiger partial charge is 0.355 e. The number of amides is 2. The lowest BCUT2D eigenvalue weighted by molar-refractivity contribution is -0.126. The number of likely N-dealkylation sites (tertiary alicyclic amines) is 1. The van der Waals surface area contributed by atoms with E-state index in [2.05, 4.69) is 32.7 Å². The molecule has 2 aromatic rings. The third-order valence-corrected chi connectivity index (χ3v) is 5.96. The number of halogens is 1. The van der Waals surface area contributed by atoms with E-state index in [-0.39, 0.29) is 17.7 Å². The van der Waals surface area contributed by atoms with Crippen LogP contribution in [-0.4, -0.2) is 36.3 Å². The molecule has 1 aliphatic rings. The molecule has 1 aliphatic heterocycles. The Balaban J connectivity index is 1.43. The average Bonchev–Trinajstić information content (AvgIpc) is 3.15. The second-order valence-corrected chi connectivity index (χ2v) is 8.14. The smallest absolute Gasteiger partial charge is 0.253 e. The molecule has 0 unspecified atom stereocenters. The number of hydrogen-bond acceptors (Lipinski definition) is 3. The maximum Gasteiger partial charge on any atom is 0.253 e. The summed E-state index contributed by atoms with van der Waals surface area (Å²) in [4.78, 5) is 27.9. The summed E-state index contributed by atoms with van der Waals surface area (Å²) < 4.78 is 0.960. The molecule has 6 heteroatoms. The summed E-state index contributed by atoms with van der Waals surface area (Å²) in [5.41, 5.74) is 0.696. The standard InChI is InChI=1S/C19H21BrN2O2S/c20-16-5-3-15(4-6-16)19(24)22-11-8-14(9-12-22)18(23)21-10-7-17-2-1-13-25-17/h1-6,13-14H,7-12H2,(H,21,23). The van der Waals surface area contributed by atoms with Gasteiger partial charge in [-0.15, -0.1) is 11.3 Å². The highest BCUT2D eigenvalue weighted by Crippen LogP contribution is 2.20. The molecule has 1 fully saturated rings. The number of thiophene rings is 1. The minimum atomic E-state index is 0.0114. The summed E-state index contributed by atoms with van der Waals surface area (Å²) in [6.07, 6.45) is 2.34. The van der Waals surface area contributed by atoms with E-state index >= 15 is 0 Å². The summed E-state index contributed by atoms with van der Waals surface area (Å²) in [5.74, 6) is 0.175. The molecule has 1 N–H and O–H groups in total. The molecule has 0 bridgehead atoms. The Morgan fingerprint density at radius 3 is 2.52 bits per heavy atom. The zero-order valence-electron chi connectivity index (χ0n) is 13.9. The minimum Gasteiger partial charge on any atom is -0.355 e. The van der Waals surface area contributed by atoms with Gasteiger partial charge in [0.1, 0.15) is 0 Å². The monoisotopic (exact) mass is 420 g/mol. The predicted octanol–water partition coefficient (Wildman–Crippen LogP) is 3.72. The minimum absolute atomic E-state index is 0.0114. The molecule has 0 atom stereocenters. The molecule has 1 saturated heterocycles. The van der Waals surface area contributed by atoms with Crippen LogP contribution in [0.5, 0.6) is 0 Å². The number of hydrogen-bond donors (Lipinski definition) is 1. The molecule has 4 nitrogen and oxygen atoms in total. The van der Waals surface area contributed by atoms with E-state index in [0.717, 1.165) is 23.7 Å². The Hall–Kier alpha value is -1.66. The lowest BCUT2D eigenvalue weighted by Gasteiger charge is -2.31. The van der Waals surface area contributed by atoms with Crippen LogP contribution in [0, 0.1) is 5.92 Å². The van der Waals surface area contributed by atoms with Gasteiger partial charge in [-0.1, -0.05) is 22.0 Å². The van der Waals surface area contributed by atoms with E-state index in [1.54, 1.807) is 11.3 Å². The molecule has 0 aliphatic carbocycles. The lowest BCUT2D eigenvalue weighted by Crippen LogP contribution is -2.43. The molecule has 2 amide bonds. The van der Waals surface area contributed by atoms with Crippen molar-refractivity contribution in [1.29, 1.82) is 0 Å². The molecular weight excluding hydrogens is 400 g/mol. The SMILES string of the molecule is O=C(NCCc1cccs1)C1CCN(C(=O)c2ccc(Br)cc2)CC1. The third kappa shape index (κ3) is 4.92. The van der Waals surface area contributed by atoms with Crippen LogP contribution in [0.2, 0.25) is 0 Å². The number of nitrogens with zero attached hydrogens (tertiary/aromatic N) is 1. The second kappa shape index (κ2) is 8.63. The van der Waals surface area contributed by atoms with Crippen molar-refractivity contribution in [1.82, 2.24) is 10.2 Å². The van der Waals surface area contributed by atoms with Crippen molar-refractivity contribution in [2.24, 2.45) is 5.92 Å². The molecule has 1 aromatic carbocycles. The summed E-state index contributed by atoms with van der Waals surface area (Å²) in [7, 11) is 0. The molecule has 0 spiro atoms. The number of nitrogens with one attached hydrogen (secondary N) is 1. The van der Waals surface area contributed by atoms with E-state index in [0.29, 0.717) is 25.2 Å². The van der Waals surface area contributed by atoms with Gasteiger partial charge in [-0.25, -0.2) is 0 Å². The van der Waals surface area contributed by atoms with Crippen LogP contribution in [0.1, 0.15) is 28.1 Å². The van der Waals surface area contributed by atoms with Gasteiger partial charge in [0.25, 0.3) is 5.91 Å². The third-order valence-electron chi connectivity index (χ3n) is 4.49. The van der Waals surface area contributed by atoms with Crippen molar-refractivity contribution in [2.45, 2.75) is 19.3 Å². The van der Waals surface area contributed by atoms with Gasteiger partial charge in [0.2, 0.25) is 5.91 Å². The number of benzene rings is 1. The van der Waals surface area contributed by atoms with Gasteiger partial charge < -0.3 is 10.2 Å². The first-order chi connectivity index (χ1) is 12.1. The highest BCUT2D eigenvalue weighted by Gasteiger charge is 2.27. The summed E-state index contributed by atoms with van der Waals surface area (Å²) in [6.45, 7) is 1.95. The first kappa shape index (κ1) is 18.1. The van der Waals surface area contributed by atoms with Crippen LogP contribution in [0.4, 0.5) is 0 Å². The van der Waals surface area contributed by atoms with Crippen molar-refractivity contribution in [2.75, 3.05) is 19.6 Å². The van der Waals surface area contributed by atoms with Crippen LogP contribution in [0.15, 0.2) is 46.3 Å². The predicted molar refractivity (Wildman–Crippen MR) is 104 cm³/mol. The van der Waals surface area contributed by atoms with Crippen LogP contribution in [0.3, 0.4) is 0 Å². The van der Waals surface area contributed by atoms with Crippen LogP contribution < -0.4 is 5.32 Å². The quantitative estimate of drug-likeness (QED) is 0.800. The number of carbonyl (C=O) groups is 2. The first-order valence-corrected chi connectivity index (χ1v) is 10.2. The normalized spacial score (nSPS) is 15.2. The van der Waals surface area contributed by atoms with Gasteiger partial charge in [-0.3, -0.25) is 9.59 Å². The van der Waals surface area contributed by atoms with Crippen molar-refractivity contribution >= 4 is 39.1 Å². The van der Waals surface area contributed by atoms with Crippen LogP contribution in [-0.2, 0) is 11.2 Å². The molecule has 3 rings (SSSR count). The summed E-state index contributed by atoms with van der Waals surface area (Å²) in [5, 5.41) is 5.08. The zero-order chi connectivity index (χ0) is 17.6. The maximum absolute atomic E-state index is 12.5. The maximum atomic E-state index is 12.5. The topological polar surface area (TPSA) is 49.4 Å². The molecule has 132 valence electrons. The van der Waals surface area contributed by atoms with Crippen molar-refractivity contribution in [3.8, 4) is 0 Å². The summed E-state index contributed by atoms with van der Waals surface area (Å²) >= 11 is 5.09. The Labute approximate surface area is 160 Å². The zero-order valence-corrected chi connectivity index (χ0v) is 16.3. The van der Waals surface area contributed by atoms with Crippen LogP contribution in [0.25, 0.3) is 0 Å². The molecular formula is C19H21BrN2O2S. The molecule has 2 heterocycles. The van der Waals surface area contributed by atoms with Gasteiger partial charge in [-0.05, 0) is 55.0 Å². The molecule has 1 aromatic heterocycles. The lowest BCUT2D eigenvalue weighted by atomic mass is 9.95. The van der Waals surface area contributed by atoms with E-state index in [9.17, 15) is 9.59 Å². The fourth-order valence-corrected chi connectivity index (χ4v) is 4.00.